The summed E-state index contributed by atoms with van der Waals surface area (Å²) in [6, 6.07) is 47.6. The van der Waals surface area contributed by atoms with Crippen molar-refractivity contribution in [3.05, 3.63) is 144 Å². The van der Waals surface area contributed by atoms with Gasteiger partial charge in [-0.2, -0.15) is 0 Å². The molecule has 3 heterocycles. The molecule has 0 spiro atoms. The number of hydrogen-bond donors (Lipinski definition) is 0. The van der Waals surface area contributed by atoms with Crippen LogP contribution >= 0.6 is 0 Å². The van der Waals surface area contributed by atoms with Gasteiger partial charge >= 0.3 is 0 Å². The van der Waals surface area contributed by atoms with E-state index in [9.17, 15) is 0 Å². The average molecular weight is 721 g/mol. The smallest absolute Gasteiger partial charge is 0.251 e. The van der Waals surface area contributed by atoms with Crippen LogP contribution in [0.5, 0.6) is 0 Å². The third-order valence-electron chi connectivity index (χ3n) is 12.6. The van der Waals surface area contributed by atoms with Gasteiger partial charge in [-0.25, -0.2) is 0 Å². The van der Waals surface area contributed by atoms with E-state index in [4.69, 9.17) is 0 Å². The molecular formula is C50H53BN2Si. The van der Waals surface area contributed by atoms with Crippen LogP contribution in [-0.2, 0) is 16.2 Å². The topological polar surface area (TPSA) is 6.48 Å². The average Bonchev–Trinajstić information content (AvgIpc) is 3.12. The minimum atomic E-state index is -2.47. The minimum absolute atomic E-state index is 0.000860. The van der Waals surface area contributed by atoms with Gasteiger partial charge in [0, 0.05) is 34.1 Å². The number of rotatable bonds is 3. The molecule has 0 fully saturated rings. The standard InChI is InChI=1S/C50H53BN2Si/c1-32-27-41-45-42(28-32)53(37-30-34(49(5,6)7)29-35(31-37)50(8,9)10)40-20-16-22-44-47(40)51(45)46-39(52(41)36-25-23-33(24-26-36)48(2,3)4)19-15-21-43(46)54(44,11)38-17-13-12-14-18-38/h12-31H,1-11H3. The molecule has 54 heavy (non-hydrogen) atoms. The van der Waals surface area contributed by atoms with Crippen molar-refractivity contribution in [2.75, 3.05) is 9.80 Å². The Balaban J connectivity index is 1.42. The molecule has 6 aromatic rings. The van der Waals surface area contributed by atoms with E-state index in [1.807, 2.05) is 0 Å². The van der Waals surface area contributed by atoms with Gasteiger partial charge < -0.3 is 9.80 Å². The summed E-state index contributed by atoms with van der Waals surface area (Å²) in [5, 5.41) is 4.53. The quantitative estimate of drug-likeness (QED) is 0.168. The molecule has 9 rings (SSSR count). The predicted molar refractivity (Wildman–Crippen MR) is 238 cm³/mol. The highest BCUT2D eigenvalue weighted by Crippen LogP contribution is 2.46. The lowest BCUT2D eigenvalue weighted by molar-refractivity contribution is 0.569. The normalized spacial score (nSPS) is 17.1. The molecule has 0 aliphatic carbocycles. The van der Waals surface area contributed by atoms with E-state index in [0.717, 1.165) is 0 Å². The van der Waals surface area contributed by atoms with Gasteiger partial charge in [-0.3, -0.25) is 0 Å². The minimum Gasteiger partial charge on any atom is -0.311 e. The molecule has 0 saturated heterocycles. The van der Waals surface area contributed by atoms with E-state index in [-0.39, 0.29) is 23.0 Å². The largest absolute Gasteiger partial charge is 0.311 e. The Hall–Kier alpha value is -4.80. The Morgan fingerprint density at radius 1 is 0.444 bits per heavy atom. The number of hydrogen-bond acceptors (Lipinski definition) is 2. The van der Waals surface area contributed by atoms with Crippen LogP contribution in [0.4, 0.5) is 34.1 Å². The van der Waals surface area contributed by atoms with E-state index in [1.54, 1.807) is 0 Å². The Morgan fingerprint density at radius 3 is 1.41 bits per heavy atom. The summed E-state index contributed by atoms with van der Waals surface area (Å²) in [4.78, 5) is 5.24. The van der Waals surface area contributed by atoms with Crippen LogP contribution in [0.1, 0.15) is 84.6 Å². The molecule has 0 N–H and O–H groups in total. The van der Waals surface area contributed by atoms with Gasteiger partial charge in [0.05, 0.1) is 0 Å². The number of aryl methyl sites for hydroxylation is 1. The van der Waals surface area contributed by atoms with Crippen molar-refractivity contribution in [2.24, 2.45) is 0 Å². The van der Waals surface area contributed by atoms with E-state index >= 15 is 0 Å². The summed E-state index contributed by atoms with van der Waals surface area (Å²) in [6.07, 6.45) is 0. The monoisotopic (exact) mass is 720 g/mol. The SMILES string of the molecule is Cc1cc2c3c(c1)N(c1cc(C(C)(C)C)cc(C(C)(C)C)c1)c1cccc4c1B3c1c(cccc1[Si]4(C)c1ccccc1)N2c1ccc(C(C)(C)C)cc1. The molecule has 0 bridgehead atoms. The van der Waals surface area contributed by atoms with E-state index in [1.165, 1.54) is 88.3 Å². The van der Waals surface area contributed by atoms with Crippen LogP contribution in [-0.4, -0.2) is 14.8 Å². The molecular weight excluding hydrogens is 667 g/mol. The fraction of sp³-hybridized carbons (Fsp3) is 0.280. The van der Waals surface area contributed by atoms with E-state index in [2.05, 4.69) is 207 Å². The number of benzene rings is 6. The predicted octanol–water partition coefficient (Wildman–Crippen LogP) is 9.38. The second kappa shape index (κ2) is 11.6. The van der Waals surface area contributed by atoms with Crippen molar-refractivity contribution < 1.29 is 0 Å². The molecule has 1 atom stereocenters. The van der Waals surface area contributed by atoms with Crippen LogP contribution < -0.4 is 41.7 Å². The zero-order valence-corrected chi connectivity index (χ0v) is 35.0. The van der Waals surface area contributed by atoms with Gasteiger partial charge in [-0.1, -0.05) is 152 Å². The van der Waals surface area contributed by atoms with Gasteiger partial charge in [0.1, 0.15) is 8.07 Å². The van der Waals surface area contributed by atoms with Crippen LogP contribution in [0.15, 0.2) is 121 Å². The molecule has 4 heteroatoms. The molecule has 270 valence electrons. The molecule has 3 aliphatic heterocycles. The van der Waals surface area contributed by atoms with Gasteiger partial charge in [0.2, 0.25) is 0 Å². The Labute approximate surface area is 325 Å². The first kappa shape index (κ1) is 34.9. The van der Waals surface area contributed by atoms with Gasteiger partial charge in [0.15, 0.2) is 0 Å². The van der Waals surface area contributed by atoms with Crippen molar-refractivity contribution in [3.8, 4) is 0 Å². The molecule has 2 nitrogen and oxygen atoms in total. The van der Waals surface area contributed by atoms with Crippen molar-refractivity contribution in [3.63, 3.8) is 0 Å². The lowest BCUT2D eigenvalue weighted by Crippen LogP contribution is -2.83. The summed E-state index contributed by atoms with van der Waals surface area (Å²) >= 11 is 0. The maximum absolute atomic E-state index is 2.64. The number of nitrogens with zero attached hydrogens (tertiary/aromatic N) is 2. The Kier molecular flexibility index (Phi) is 7.51. The van der Waals surface area contributed by atoms with Crippen molar-refractivity contribution in [1.29, 1.82) is 0 Å². The van der Waals surface area contributed by atoms with Gasteiger partial charge in [-0.05, 0) is 116 Å². The Bertz CT molecular complexity index is 2450. The second-order valence-corrected chi connectivity index (χ2v) is 23.3. The highest BCUT2D eigenvalue weighted by molar-refractivity contribution is 7.21. The summed E-state index contributed by atoms with van der Waals surface area (Å²) in [5.74, 6) is 0. The third kappa shape index (κ3) is 5.05. The molecule has 0 amide bonds. The second-order valence-electron chi connectivity index (χ2n) is 19.4. The first-order valence-electron chi connectivity index (χ1n) is 19.8. The van der Waals surface area contributed by atoms with Crippen molar-refractivity contribution >= 4 is 80.9 Å². The fourth-order valence-electron chi connectivity index (χ4n) is 9.59. The highest BCUT2D eigenvalue weighted by atomic mass is 28.3. The van der Waals surface area contributed by atoms with Crippen molar-refractivity contribution in [2.45, 2.75) is 92.0 Å². The first-order chi connectivity index (χ1) is 25.5. The van der Waals surface area contributed by atoms with Crippen molar-refractivity contribution in [1.82, 2.24) is 0 Å². The maximum Gasteiger partial charge on any atom is 0.251 e. The third-order valence-corrected chi connectivity index (χ3v) is 17.1. The number of anilines is 6. The zero-order chi connectivity index (χ0) is 38.1. The lowest BCUT2D eigenvalue weighted by atomic mass is 9.33. The van der Waals surface area contributed by atoms with Gasteiger partial charge in [-0.15, -0.1) is 0 Å². The first-order valence-corrected chi connectivity index (χ1v) is 22.3. The highest BCUT2D eigenvalue weighted by Gasteiger charge is 2.53. The molecule has 3 aliphatic rings. The molecule has 1 unspecified atom stereocenters. The lowest BCUT2D eigenvalue weighted by Gasteiger charge is -2.50. The summed E-state index contributed by atoms with van der Waals surface area (Å²) in [5.41, 5.74) is 17.5. The van der Waals surface area contributed by atoms with Gasteiger partial charge in [0.25, 0.3) is 6.71 Å². The Morgan fingerprint density at radius 2 is 0.926 bits per heavy atom. The fourth-order valence-corrected chi connectivity index (χ4v) is 13.8. The van der Waals surface area contributed by atoms with E-state index in [0.29, 0.717) is 0 Å². The molecule has 0 aromatic heterocycles. The zero-order valence-electron chi connectivity index (χ0n) is 34.0. The summed E-state index contributed by atoms with van der Waals surface area (Å²) in [6.45, 7) is 26.0. The van der Waals surface area contributed by atoms with Crippen LogP contribution in [0.2, 0.25) is 6.55 Å². The van der Waals surface area contributed by atoms with E-state index < -0.39 is 8.07 Å². The molecule has 0 saturated carbocycles. The van der Waals surface area contributed by atoms with Crippen LogP contribution in [0.3, 0.4) is 0 Å². The van der Waals surface area contributed by atoms with Crippen LogP contribution in [0, 0.1) is 6.92 Å². The summed E-state index contributed by atoms with van der Waals surface area (Å²) < 4.78 is 0. The maximum atomic E-state index is 2.64. The van der Waals surface area contributed by atoms with Crippen LogP contribution in [0.25, 0.3) is 0 Å². The summed E-state index contributed by atoms with van der Waals surface area (Å²) in [7, 11) is -2.47. The molecule has 0 radical (unpaired) electrons. The molecule has 6 aromatic carbocycles.